The minimum Gasteiger partial charge on any atom is -0.478 e. The molecule has 0 saturated carbocycles. The minimum atomic E-state index is -1.24. The molecule has 0 amide bonds. The predicted octanol–water partition coefficient (Wildman–Crippen LogP) is 4.48. The van der Waals surface area contributed by atoms with Crippen LogP contribution < -0.4 is 5.32 Å². The van der Waals surface area contributed by atoms with Crippen molar-refractivity contribution in [2.24, 2.45) is 0 Å². The van der Waals surface area contributed by atoms with E-state index < -0.39 is 22.8 Å². The van der Waals surface area contributed by atoms with Gasteiger partial charge in [0.05, 0.1) is 22.0 Å². The molecule has 3 aromatic rings. The summed E-state index contributed by atoms with van der Waals surface area (Å²) in [7, 11) is 0. The van der Waals surface area contributed by atoms with Crippen molar-refractivity contribution in [3.05, 3.63) is 122 Å². The maximum absolute atomic E-state index is 13.2. The topological polar surface area (TPSA) is 147 Å². The summed E-state index contributed by atoms with van der Waals surface area (Å²) in [6.07, 6.45) is 7.68. The highest BCUT2D eigenvalue weighted by Gasteiger charge is 2.37. The molecule has 0 aliphatic carbocycles. The lowest BCUT2D eigenvalue weighted by atomic mass is 9.80. The number of hydrogen-bond donors (Lipinski definition) is 3. The SMILES string of the molecule is CC1=C(C(=O)O)C(c2cccc([N+](=O)[O-])c2)C(C(=O)OCC=Cc2ccc(Cc3ncc[nH]3)cc2)=C(C)N1. The van der Waals surface area contributed by atoms with Crippen LogP contribution in [0.3, 0.4) is 0 Å². The van der Waals surface area contributed by atoms with Gasteiger partial charge < -0.3 is 20.1 Å². The molecule has 0 bridgehead atoms. The third-order valence-corrected chi connectivity index (χ3v) is 6.15. The molecule has 1 aliphatic rings. The Morgan fingerprint density at radius 1 is 1.13 bits per heavy atom. The lowest BCUT2D eigenvalue weighted by molar-refractivity contribution is -0.384. The monoisotopic (exact) mass is 514 g/mol. The number of aromatic amines is 1. The average Bonchev–Trinajstić information content (AvgIpc) is 3.40. The summed E-state index contributed by atoms with van der Waals surface area (Å²) >= 11 is 0. The molecule has 0 fully saturated rings. The Hall–Kier alpha value is -4.99. The largest absolute Gasteiger partial charge is 0.478 e. The van der Waals surface area contributed by atoms with Gasteiger partial charge in [0.1, 0.15) is 12.4 Å². The van der Waals surface area contributed by atoms with Crippen LogP contribution in [0.25, 0.3) is 6.08 Å². The number of carboxylic acid groups (broad SMARTS) is 1. The first-order valence-electron chi connectivity index (χ1n) is 11.8. The Morgan fingerprint density at radius 2 is 1.87 bits per heavy atom. The van der Waals surface area contributed by atoms with Gasteiger partial charge in [0, 0.05) is 42.3 Å². The van der Waals surface area contributed by atoms with Crippen molar-refractivity contribution < 1.29 is 24.4 Å². The first kappa shape index (κ1) is 26.1. The standard InChI is InChI=1S/C28H26N4O6/c1-17-24(27(33)34)26(21-6-3-7-22(16-21)32(36)37)25(18(2)31-17)28(35)38-14-4-5-19-8-10-20(11-9-19)15-23-29-12-13-30-23/h3-13,16,26,31H,14-15H2,1-2H3,(H,29,30)(H,33,34). The lowest BCUT2D eigenvalue weighted by Gasteiger charge is -2.29. The normalized spacial score (nSPS) is 15.5. The number of aromatic nitrogens is 2. The fourth-order valence-corrected chi connectivity index (χ4v) is 4.42. The molecular weight excluding hydrogens is 488 g/mol. The summed E-state index contributed by atoms with van der Waals surface area (Å²) in [5.74, 6) is -2.11. The van der Waals surface area contributed by atoms with Crippen molar-refractivity contribution in [3.8, 4) is 0 Å². The van der Waals surface area contributed by atoms with Gasteiger partial charge in [0.15, 0.2) is 0 Å². The van der Waals surface area contributed by atoms with E-state index in [4.69, 9.17) is 4.74 Å². The van der Waals surface area contributed by atoms with E-state index in [9.17, 15) is 24.8 Å². The molecule has 2 heterocycles. The Labute approximate surface area is 218 Å². The van der Waals surface area contributed by atoms with Crippen LogP contribution in [0.1, 0.15) is 42.3 Å². The van der Waals surface area contributed by atoms with Gasteiger partial charge in [-0.05, 0) is 36.6 Å². The lowest BCUT2D eigenvalue weighted by Crippen LogP contribution is -2.31. The smallest absolute Gasteiger partial charge is 0.337 e. The molecule has 2 aromatic carbocycles. The number of nitrogens with one attached hydrogen (secondary N) is 2. The van der Waals surface area contributed by atoms with Crippen LogP contribution in [0.4, 0.5) is 5.69 Å². The number of ether oxygens (including phenoxy) is 1. The number of nitro groups is 1. The molecule has 0 spiro atoms. The number of allylic oxidation sites excluding steroid dienone is 2. The molecule has 38 heavy (non-hydrogen) atoms. The fraction of sp³-hybridized carbons (Fsp3) is 0.179. The number of dihydropyridines is 1. The van der Waals surface area contributed by atoms with E-state index in [-0.39, 0.29) is 23.4 Å². The van der Waals surface area contributed by atoms with Gasteiger partial charge in [0.25, 0.3) is 5.69 Å². The van der Waals surface area contributed by atoms with Crippen molar-refractivity contribution in [1.82, 2.24) is 15.3 Å². The van der Waals surface area contributed by atoms with Gasteiger partial charge in [0.2, 0.25) is 0 Å². The number of aliphatic carboxylic acids is 1. The Balaban J connectivity index is 1.49. The first-order chi connectivity index (χ1) is 18.2. The molecule has 1 unspecified atom stereocenters. The molecule has 0 radical (unpaired) electrons. The number of carbonyl (C=O) groups is 2. The van der Waals surface area contributed by atoms with Gasteiger partial charge in [-0.25, -0.2) is 14.6 Å². The molecule has 194 valence electrons. The van der Waals surface area contributed by atoms with Crippen LogP contribution in [0.15, 0.2) is 89.5 Å². The molecule has 4 rings (SSSR count). The van der Waals surface area contributed by atoms with Crippen LogP contribution >= 0.6 is 0 Å². The number of rotatable bonds is 9. The highest BCUT2D eigenvalue weighted by molar-refractivity contribution is 5.99. The molecule has 1 aromatic heterocycles. The molecule has 0 saturated heterocycles. The molecular formula is C28H26N4O6. The van der Waals surface area contributed by atoms with Crippen LogP contribution in [-0.2, 0) is 20.7 Å². The average molecular weight is 515 g/mol. The second kappa shape index (κ2) is 11.4. The number of non-ortho nitro benzene ring substituents is 1. The van der Waals surface area contributed by atoms with Crippen molar-refractivity contribution in [1.29, 1.82) is 0 Å². The van der Waals surface area contributed by atoms with Gasteiger partial charge in [-0.1, -0.05) is 42.5 Å². The first-order valence-corrected chi connectivity index (χ1v) is 11.8. The number of hydrogen-bond acceptors (Lipinski definition) is 7. The highest BCUT2D eigenvalue weighted by atomic mass is 16.6. The van der Waals surface area contributed by atoms with E-state index in [0.717, 1.165) is 17.0 Å². The molecule has 1 atom stereocenters. The predicted molar refractivity (Wildman–Crippen MR) is 140 cm³/mol. The van der Waals surface area contributed by atoms with Crippen molar-refractivity contribution >= 4 is 23.7 Å². The maximum atomic E-state index is 13.2. The number of imidazole rings is 1. The second-order valence-electron chi connectivity index (χ2n) is 8.75. The Bertz CT molecular complexity index is 1450. The van der Waals surface area contributed by atoms with Gasteiger partial charge in [-0.2, -0.15) is 0 Å². The van der Waals surface area contributed by atoms with Crippen LogP contribution in [0.5, 0.6) is 0 Å². The van der Waals surface area contributed by atoms with Gasteiger partial charge >= 0.3 is 11.9 Å². The summed E-state index contributed by atoms with van der Waals surface area (Å²) in [5, 5.41) is 24.2. The number of H-pyrrole nitrogens is 1. The summed E-state index contributed by atoms with van der Waals surface area (Å²) in [4.78, 5) is 43.4. The van der Waals surface area contributed by atoms with Crippen molar-refractivity contribution in [2.75, 3.05) is 6.61 Å². The summed E-state index contributed by atoms with van der Waals surface area (Å²) in [5.41, 5.74) is 2.91. The highest BCUT2D eigenvalue weighted by Crippen LogP contribution is 2.39. The Kier molecular flexibility index (Phi) is 7.81. The van der Waals surface area contributed by atoms with Gasteiger partial charge in [-0.3, -0.25) is 10.1 Å². The number of nitro benzene ring substituents is 1. The zero-order chi connectivity index (χ0) is 27.2. The van der Waals surface area contributed by atoms with Crippen LogP contribution in [0, 0.1) is 10.1 Å². The third-order valence-electron chi connectivity index (χ3n) is 6.15. The molecule has 10 heteroatoms. The molecule has 10 nitrogen and oxygen atoms in total. The Morgan fingerprint density at radius 3 is 2.53 bits per heavy atom. The van der Waals surface area contributed by atoms with E-state index in [0.29, 0.717) is 23.4 Å². The maximum Gasteiger partial charge on any atom is 0.337 e. The zero-order valence-electron chi connectivity index (χ0n) is 20.8. The van der Waals surface area contributed by atoms with Crippen molar-refractivity contribution in [3.63, 3.8) is 0 Å². The summed E-state index contributed by atoms with van der Waals surface area (Å²) in [6.45, 7) is 3.18. The number of carbonyl (C=O) groups excluding carboxylic acids is 1. The van der Waals surface area contributed by atoms with Crippen LogP contribution in [-0.4, -0.2) is 38.5 Å². The minimum absolute atomic E-state index is 0.0451. The summed E-state index contributed by atoms with van der Waals surface area (Å²) < 4.78 is 5.47. The quantitative estimate of drug-likeness (QED) is 0.215. The van der Waals surface area contributed by atoms with E-state index in [1.54, 1.807) is 38.4 Å². The van der Waals surface area contributed by atoms with E-state index in [1.165, 1.54) is 18.2 Å². The number of benzene rings is 2. The number of nitrogens with zero attached hydrogens (tertiary/aromatic N) is 2. The van der Waals surface area contributed by atoms with Crippen LogP contribution in [0.2, 0.25) is 0 Å². The molecule has 1 aliphatic heterocycles. The fourth-order valence-electron chi connectivity index (χ4n) is 4.42. The zero-order valence-corrected chi connectivity index (χ0v) is 20.8. The van der Waals surface area contributed by atoms with Gasteiger partial charge in [-0.15, -0.1) is 0 Å². The molecule has 3 N–H and O–H groups in total. The van der Waals surface area contributed by atoms with E-state index in [1.807, 2.05) is 30.3 Å². The van der Waals surface area contributed by atoms with E-state index in [2.05, 4.69) is 15.3 Å². The number of esters is 1. The van der Waals surface area contributed by atoms with Crippen molar-refractivity contribution in [2.45, 2.75) is 26.2 Å². The van der Waals surface area contributed by atoms with E-state index >= 15 is 0 Å². The second-order valence-corrected chi connectivity index (χ2v) is 8.75. The summed E-state index contributed by atoms with van der Waals surface area (Å²) in [6, 6.07) is 13.5. The third kappa shape index (κ3) is 5.86. The number of carboxylic acids is 1.